The van der Waals surface area contributed by atoms with Crippen molar-refractivity contribution in [2.75, 3.05) is 0 Å². The van der Waals surface area contributed by atoms with Crippen LogP contribution in [0.4, 0.5) is 0 Å². The van der Waals surface area contributed by atoms with E-state index in [0.717, 1.165) is 10.6 Å². The highest BCUT2D eigenvalue weighted by Crippen LogP contribution is 2.35. The largest absolute Gasteiger partial charge is 0.0837 e. The number of benzene rings is 2. The van der Waals surface area contributed by atoms with Gasteiger partial charge in [0.05, 0.1) is 0 Å². The minimum absolute atomic E-state index is 0.841. The first kappa shape index (κ1) is 7.16. The molecule has 0 bridgehead atoms. The molecule has 0 radical (unpaired) electrons. The summed E-state index contributed by atoms with van der Waals surface area (Å²) in [7, 11) is 0. The van der Waals surface area contributed by atoms with Crippen molar-refractivity contribution in [3.05, 3.63) is 46.5 Å². The molecule has 13 heavy (non-hydrogen) atoms. The summed E-state index contributed by atoms with van der Waals surface area (Å²) in [5.74, 6) is 0. The van der Waals surface area contributed by atoms with E-state index in [2.05, 4.69) is 36.4 Å². The molecular formula is C12H7Cl. The lowest BCUT2D eigenvalue weighted by molar-refractivity contribution is 1.72. The molecule has 1 aliphatic rings. The predicted octanol–water partition coefficient (Wildman–Crippen LogP) is 3.98. The van der Waals surface area contributed by atoms with Crippen LogP contribution in [0.15, 0.2) is 30.3 Å². The third kappa shape index (κ3) is 0.866. The molecule has 2 aromatic carbocycles. The lowest BCUT2D eigenvalue weighted by Crippen LogP contribution is -1.78. The van der Waals surface area contributed by atoms with E-state index in [4.69, 9.17) is 11.6 Å². The molecule has 0 saturated heterocycles. The van der Waals surface area contributed by atoms with Crippen LogP contribution in [0.1, 0.15) is 11.1 Å². The molecule has 0 unspecified atom stereocenters. The van der Waals surface area contributed by atoms with Gasteiger partial charge in [0.2, 0.25) is 0 Å². The molecule has 3 rings (SSSR count). The average Bonchev–Trinajstić information content (AvgIpc) is 2.57. The maximum absolute atomic E-state index is 6.09. The van der Waals surface area contributed by atoms with E-state index < -0.39 is 0 Å². The normalized spacial score (nSPS) is 12.7. The molecule has 1 aliphatic carbocycles. The lowest BCUT2D eigenvalue weighted by Gasteiger charge is -2.02. The molecule has 0 aromatic heterocycles. The molecule has 0 nitrogen and oxygen atoms in total. The highest BCUT2D eigenvalue weighted by atomic mass is 35.5. The first-order valence-corrected chi connectivity index (χ1v) is 4.63. The fourth-order valence-electron chi connectivity index (χ4n) is 1.89. The van der Waals surface area contributed by atoms with Crippen LogP contribution in [-0.2, 0) is 0 Å². The van der Waals surface area contributed by atoms with E-state index in [0.29, 0.717) is 0 Å². The van der Waals surface area contributed by atoms with Crippen LogP contribution in [0.2, 0.25) is 5.02 Å². The number of hydrogen-bond donors (Lipinski definition) is 0. The molecule has 0 heterocycles. The van der Waals surface area contributed by atoms with Crippen LogP contribution in [0.25, 0.3) is 22.9 Å². The zero-order valence-corrected chi connectivity index (χ0v) is 7.68. The van der Waals surface area contributed by atoms with Crippen LogP contribution < -0.4 is 0 Å². The van der Waals surface area contributed by atoms with Crippen molar-refractivity contribution in [1.82, 2.24) is 0 Å². The number of rotatable bonds is 0. The quantitative estimate of drug-likeness (QED) is 0.498. The topological polar surface area (TPSA) is 0 Å². The Balaban J connectivity index is 2.62. The Hall–Kier alpha value is -1.27. The minimum atomic E-state index is 0.841. The summed E-state index contributed by atoms with van der Waals surface area (Å²) in [6.45, 7) is 0. The molecule has 0 spiro atoms. The second-order valence-corrected chi connectivity index (χ2v) is 3.65. The molecule has 0 amide bonds. The van der Waals surface area contributed by atoms with E-state index >= 15 is 0 Å². The molecule has 0 N–H and O–H groups in total. The molecule has 0 saturated carbocycles. The van der Waals surface area contributed by atoms with Gasteiger partial charge in [0.15, 0.2) is 0 Å². The van der Waals surface area contributed by atoms with E-state index in [1.54, 1.807) is 0 Å². The smallest absolute Gasteiger partial charge is 0.0485 e. The van der Waals surface area contributed by atoms with Crippen LogP contribution >= 0.6 is 11.6 Å². The van der Waals surface area contributed by atoms with Crippen molar-refractivity contribution in [3.8, 4) is 0 Å². The lowest BCUT2D eigenvalue weighted by atomic mass is 10.0. The Morgan fingerprint density at radius 1 is 0.923 bits per heavy atom. The second-order valence-electron chi connectivity index (χ2n) is 3.24. The van der Waals surface area contributed by atoms with E-state index in [9.17, 15) is 0 Å². The van der Waals surface area contributed by atoms with E-state index in [1.165, 1.54) is 16.3 Å². The predicted molar refractivity (Wildman–Crippen MR) is 57.9 cm³/mol. The van der Waals surface area contributed by atoms with Crippen LogP contribution in [0.3, 0.4) is 0 Å². The van der Waals surface area contributed by atoms with Crippen LogP contribution in [-0.4, -0.2) is 0 Å². The minimum Gasteiger partial charge on any atom is -0.0837 e. The summed E-state index contributed by atoms with van der Waals surface area (Å²) >= 11 is 6.09. The van der Waals surface area contributed by atoms with Gasteiger partial charge in [-0.15, -0.1) is 0 Å². The van der Waals surface area contributed by atoms with Crippen molar-refractivity contribution in [2.45, 2.75) is 0 Å². The molecule has 0 aliphatic heterocycles. The highest BCUT2D eigenvalue weighted by molar-refractivity contribution is 6.34. The fraction of sp³-hybridized carbons (Fsp3) is 0. The Morgan fingerprint density at radius 3 is 2.77 bits per heavy atom. The third-order valence-electron chi connectivity index (χ3n) is 2.49. The van der Waals surface area contributed by atoms with Gasteiger partial charge < -0.3 is 0 Å². The van der Waals surface area contributed by atoms with Crippen molar-refractivity contribution < 1.29 is 0 Å². The maximum atomic E-state index is 6.09. The van der Waals surface area contributed by atoms with Crippen molar-refractivity contribution in [2.24, 2.45) is 0 Å². The van der Waals surface area contributed by atoms with Gasteiger partial charge in [-0.1, -0.05) is 48.0 Å². The van der Waals surface area contributed by atoms with E-state index in [-0.39, 0.29) is 0 Å². The standard InChI is InChI=1S/C12H7Cl/c13-11-7-5-9-3-1-2-8-4-6-10(11)12(8)9/h1-7H. The van der Waals surface area contributed by atoms with Gasteiger partial charge in [0.1, 0.15) is 0 Å². The Kier molecular flexibility index (Phi) is 1.30. The molecule has 0 atom stereocenters. The van der Waals surface area contributed by atoms with Gasteiger partial charge in [-0.2, -0.15) is 0 Å². The Bertz CT molecular complexity index is 524. The molecule has 62 valence electrons. The van der Waals surface area contributed by atoms with Crippen molar-refractivity contribution in [3.63, 3.8) is 0 Å². The van der Waals surface area contributed by atoms with Gasteiger partial charge in [-0.25, -0.2) is 0 Å². The summed E-state index contributed by atoms with van der Waals surface area (Å²) in [5, 5.41) is 3.39. The van der Waals surface area contributed by atoms with Crippen LogP contribution in [0.5, 0.6) is 0 Å². The highest BCUT2D eigenvalue weighted by Gasteiger charge is 2.10. The summed E-state index contributed by atoms with van der Waals surface area (Å²) in [4.78, 5) is 0. The van der Waals surface area contributed by atoms with Gasteiger partial charge in [-0.05, 0) is 22.4 Å². The second kappa shape index (κ2) is 2.36. The number of hydrogen-bond acceptors (Lipinski definition) is 0. The summed E-state index contributed by atoms with van der Waals surface area (Å²) in [5.41, 5.74) is 2.43. The third-order valence-corrected chi connectivity index (χ3v) is 2.82. The zero-order valence-electron chi connectivity index (χ0n) is 6.92. The van der Waals surface area contributed by atoms with Crippen molar-refractivity contribution >= 4 is 34.5 Å². The van der Waals surface area contributed by atoms with Gasteiger partial charge >= 0.3 is 0 Å². The zero-order chi connectivity index (χ0) is 8.84. The SMILES string of the molecule is Clc1ccc2cccc3c2c1C=C3. The number of halogens is 1. The van der Waals surface area contributed by atoms with E-state index in [1.807, 2.05) is 6.07 Å². The first-order valence-electron chi connectivity index (χ1n) is 4.25. The molecule has 2 aromatic rings. The Labute approximate surface area is 81.5 Å². The molecule has 0 fully saturated rings. The monoisotopic (exact) mass is 186 g/mol. The average molecular weight is 187 g/mol. The summed E-state index contributed by atoms with van der Waals surface area (Å²) in [6, 6.07) is 10.3. The molecular weight excluding hydrogens is 180 g/mol. The Morgan fingerprint density at radius 2 is 1.85 bits per heavy atom. The van der Waals surface area contributed by atoms with Gasteiger partial charge in [-0.3, -0.25) is 0 Å². The van der Waals surface area contributed by atoms with Gasteiger partial charge in [0, 0.05) is 10.6 Å². The van der Waals surface area contributed by atoms with Gasteiger partial charge in [0.25, 0.3) is 0 Å². The summed E-state index contributed by atoms with van der Waals surface area (Å²) in [6.07, 6.45) is 4.20. The first-order chi connectivity index (χ1) is 6.36. The fourth-order valence-corrected chi connectivity index (χ4v) is 2.11. The van der Waals surface area contributed by atoms with Crippen molar-refractivity contribution in [1.29, 1.82) is 0 Å². The maximum Gasteiger partial charge on any atom is 0.0485 e. The van der Waals surface area contributed by atoms with Crippen LogP contribution in [0, 0.1) is 0 Å². The molecule has 1 heteroatoms. The summed E-state index contributed by atoms with van der Waals surface area (Å²) < 4.78 is 0.